The van der Waals surface area contributed by atoms with Crippen molar-refractivity contribution in [3.8, 4) is 0 Å². The number of hydrogen-bond acceptors (Lipinski definition) is 4. The normalized spacial score (nSPS) is 11.7. The molecule has 0 amide bonds. The average molecular weight is 399 g/mol. The lowest BCUT2D eigenvalue weighted by Crippen LogP contribution is -2.15. The maximum atomic E-state index is 11.9. The highest BCUT2D eigenvalue weighted by Gasteiger charge is 2.20. The largest absolute Gasteiger partial charge is 0.462 e. The van der Waals surface area contributed by atoms with Crippen molar-refractivity contribution in [2.45, 2.75) is 31.6 Å². The Morgan fingerprint density at radius 2 is 2.05 bits per heavy atom. The van der Waals surface area contributed by atoms with Gasteiger partial charge in [-0.15, -0.1) is 0 Å². The van der Waals surface area contributed by atoms with Gasteiger partial charge in [0.1, 0.15) is 0 Å². The molecule has 0 spiro atoms. The van der Waals surface area contributed by atoms with Crippen molar-refractivity contribution in [3.05, 3.63) is 27.2 Å². The monoisotopic (exact) mass is 397 g/mol. The number of primary sulfonamides is 1. The van der Waals surface area contributed by atoms with E-state index in [1.165, 1.54) is 6.07 Å². The van der Waals surface area contributed by atoms with Gasteiger partial charge in [0.2, 0.25) is 10.0 Å². The predicted molar refractivity (Wildman–Crippen MR) is 84.9 cm³/mol. The summed E-state index contributed by atoms with van der Waals surface area (Å²) in [5.74, 6) is -0.0992. The Kier molecular flexibility index (Phi) is 6.65. The zero-order valence-corrected chi connectivity index (χ0v) is 14.9. The molecule has 0 aliphatic carbocycles. The van der Waals surface area contributed by atoms with Crippen molar-refractivity contribution >= 4 is 43.5 Å². The lowest BCUT2D eigenvalue weighted by molar-refractivity contribution is 0.0494. The molecule has 0 saturated carbocycles. The fraction of sp³-hybridized carbons (Fsp3) is 0.462. The number of halogens is 2. The highest BCUT2D eigenvalue weighted by atomic mass is 79.9. The van der Waals surface area contributed by atoms with Gasteiger partial charge in [-0.3, -0.25) is 0 Å². The van der Waals surface area contributed by atoms with Gasteiger partial charge in [0.05, 0.1) is 26.6 Å². The summed E-state index contributed by atoms with van der Waals surface area (Å²) in [4.78, 5) is 11.7. The number of carbonyl (C=O) groups is 1. The van der Waals surface area contributed by atoms with E-state index >= 15 is 0 Å². The molecule has 1 aromatic rings. The molecule has 0 aliphatic rings. The molecule has 2 N–H and O–H groups in total. The second kappa shape index (κ2) is 7.58. The van der Waals surface area contributed by atoms with Crippen LogP contribution >= 0.6 is 27.5 Å². The molecule has 0 saturated heterocycles. The molecule has 0 heterocycles. The first-order valence-electron chi connectivity index (χ1n) is 6.32. The standard InChI is InChI=1S/C13H17BrClNO4S/c1-8(2)4-3-5-20-13(17)9-6-10(15)12(14)11(7-9)21(16,18)19/h6-8H,3-5H2,1-2H3,(H2,16,18,19). The summed E-state index contributed by atoms with van der Waals surface area (Å²) in [6.07, 6.45) is 1.69. The Balaban J connectivity index is 2.89. The van der Waals surface area contributed by atoms with E-state index in [1.54, 1.807) is 0 Å². The smallest absolute Gasteiger partial charge is 0.338 e. The summed E-state index contributed by atoms with van der Waals surface area (Å²) in [5.41, 5.74) is 0.0526. The van der Waals surface area contributed by atoms with Crippen LogP contribution in [0.5, 0.6) is 0 Å². The first kappa shape index (κ1) is 18.4. The number of carbonyl (C=O) groups excluding carboxylic acids is 1. The molecule has 0 aromatic heterocycles. The van der Waals surface area contributed by atoms with Crippen molar-refractivity contribution in [3.63, 3.8) is 0 Å². The molecule has 21 heavy (non-hydrogen) atoms. The molecule has 1 aromatic carbocycles. The van der Waals surface area contributed by atoms with E-state index in [2.05, 4.69) is 29.8 Å². The highest BCUT2D eigenvalue weighted by Crippen LogP contribution is 2.30. The maximum absolute atomic E-state index is 11.9. The number of ether oxygens (including phenoxy) is 1. The Morgan fingerprint density at radius 1 is 1.43 bits per heavy atom. The Hall–Kier alpha value is -0.630. The third-order valence-corrected chi connectivity index (χ3v) is 5.27. The first-order chi connectivity index (χ1) is 9.62. The summed E-state index contributed by atoms with van der Waals surface area (Å²) in [5, 5.41) is 5.16. The predicted octanol–water partition coefficient (Wildman–Crippen LogP) is 3.34. The number of rotatable bonds is 6. The Bertz CT molecular complexity index is 631. The fourth-order valence-corrected chi connectivity index (χ4v) is 3.46. The molecule has 0 fully saturated rings. The molecule has 118 valence electrons. The van der Waals surface area contributed by atoms with Crippen LogP contribution in [0, 0.1) is 5.92 Å². The summed E-state index contributed by atoms with van der Waals surface area (Å²) < 4.78 is 28.1. The summed E-state index contributed by atoms with van der Waals surface area (Å²) >= 11 is 8.93. The van der Waals surface area contributed by atoms with Crippen LogP contribution in [0.2, 0.25) is 5.02 Å². The number of hydrogen-bond donors (Lipinski definition) is 1. The van der Waals surface area contributed by atoms with Gasteiger partial charge in [-0.1, -0.05) is 25.4 Å². The zero-order chi connectivity index (χ0) is 16.2. The minimum Gasteiger partial charge on any atom is -0.462 e. The van der Waals surface area contributed by atoms with Gasteiger partial charge in [0, 0.05) is 0 Å². The third-order valence-electron chi connectivity index (χ3n) is 2.70. The van der Waals surface area contributed by atoms with E-state index in [1.807, 2.05) is 0 Å². The number of sulfonamides is 1. The van der Waals surface area contributed by atoms with Crippen LogP contribution in [0.1, 0.15) is 37.0 Å². The van der Waals surface area contributed by atoms with Crippen molar-refractivity contribution in [2.24, 2.45) is 11.1 Å². The van der Waals surface area contributed by atoms with Crippen molar-refractivity contribution in [2.75, 3.05) is 6.61 Å². The minimum atomic E-state index is -3.99. The van der Waals surface area contributed by atoms with Gasteiger partial charge in [-0.2, -0.15) is 0 Å². The zero-order valence-electron chi connectivity index (χ0n) is 11.7. The molecule has 0 unspecified atom stereocenters. The lowest BCUT2D eigenvalue weighted by atomic mass is 10.1. The van der Waals surface area contributed by atoms with Crippen molar-refractivity contribution < 1.29 is 17.9 Å². The van der Waals surface area contributed by atoms with Crippen LogP contribution in [0.3, 0.4) is 0 Å². The topological polar surface area (TPSA) is 86.5 Å². The summed E-state index contributed by atoms with van der Waals surface area (Å²) in [6, 6.07) is 2.49. The van der Waals surface area contributed by atoms with Crippen molar-refractivity contribution in [1.29, 1.82) is 0 Å². The molecular weight excluding hydrogens is 382 g/mol. The highest BCUT2D eigenvalue weighted by molar-refractivity contribution is 9.10. The number of benzene rings is 1. The molecule has 1 rings (SSSR count). The molecular formula is C13H17BrClNO4S. The van der Waals surface area contributed by atoms with Crippen LogP contribution in [-0.4, -0.2) is 21.0 Å². The SMILES string of the molecule is CC(C)CCCOC(=O)c1cc(Cl)c(Br)c(S(N)(=O)=O)c1. The number of esters is 1. The molecule has 8 heteroatoms. The van der Waals surface area contributed by atoms with Crippen LogP contribution in [0.4, 0.5) is 0 Å². The van der Waals surface area contributed by atoms with Gasteiger partial charge in [-0.25, -0.2) is 18.4 Å². The molecule has 5 nitrogen and oxygen atoms in total. The van der Waals surface area contributed by atoms with E-state index in [0.717, 1.165) is 18.9 Å². The maximum Gasteiger partial charge on any atom is 0.338 e. The van der Waals surface area contributed by atoms with E-state index in [0.29, 0.717) is 5.92 Å². The van der Waals surface area contributed by atoms with Crippen LogP contribution < -0.4 is 5.14 Å². The quantitative estimate of drug-likeness (QED) is 0.588. The third kappa shape index (κ3) is 5.58. The van der Waals surface area contributed by atoms with Gasteiger partial charge >= 0.3 is 5.97 Å². The second-order valence-corrected chi connectivity index (χ2v) is 7.72. The Morgan fingerprint density at radius 3 is 2.57 bits per heavy atom. The van der Waals surface area contributed by atoms with E-state index < -0.39 is 16.0 Å². The molecule has 0 bridgehead atoms. The molecule has 0 aliphatic heterocycles. The van der Waals surface area contributed by atoms with Crippen molar-refractivity contribution in [1.82, 2.24) is 0 Å². The van der Waals surface area contributed by atoms with Gasteiger partial charge in [0.15, 0.2) is 0 Å². The van der Waals surface area contributed by atoms with Gasteiger partial charge < -0.3 is 4.74 Å². The molecule has 0 atom stereocenters. The summed E-state index contributed by atoms with van der Waals surface area (Å²) in [7, 11) is -3.99. The minimum absolute atomic E-state index is 0.0526. The van der Waals surface area contributed by atoms with E-state index in [9.17, 15) is 13.2 Å². The fourth-order valence-electron chi connectivity index (χ4n) is 1.63. The lowest BCUT2D eigenvalue weighted by Gasteiger charge is -2.09. The van der Waals surface area contributed by atoms with Crippen LogP contribution in [0.25, 0.3) is 0 Å². The molecule has 0 radical (unpaired) electrons. The van der Waals surface area contributed by atoms with Gasteiger partial charge in [0.25, 0.3) is 0 Å². The summed E-state index contributed by atoms with van der Waals surface area (Å²) in [6.45, 7) is 4.43. The average Bonchev–Trinajstić information content (AvgIpc) is 2.35. The Labute approximate surface area is 138 Å². The second-order valence-electron chi connectivity index (χ2n) is 4.99. The van der Waals surface area contributed by atoms with Crippen LogP contribution in [0.15, 0.2) is 21.5 Å². The van der Waals surface area contributed by atoms with E-state index in [-0.39, 0.29) is 26.6 Å². The van der Waals surface area contributed by atoms with E-state index in [4.69, 9.17) is 21.5 Å². The van der Waals surface area contributed by atoms with Gasteiger partial charge in [-0.05, 0) is 46.8 Å². The van der Waals surface area contributed by atoms with Crippen LogP contribution in [-0.2, 0) is 14.8 Å². The first-order valence-corrected chi connectivity index (χ1v) is 9.03. The number of nitrogens with two attached hydrogens (primary N) is 1.